The van der Waals surface area contributed by atoms with Gasteiger partial charge >= 0.3 is 6.18 Å². The molecule has 5 heteroatoms. The zero-order chi connectivity index (χ0) is 12.5. The van der Waals surface area contributed by atoms with Crippen molar-refractivity contribution in [2.45, 2.75) is 38.1 Å². The number of halogens is 3. The van der Waals surface area contributed by atoms with Crippen molar-refractivity contribution in [2.24, 2.45) is 0 Å². The molecule has 1 heterocycles. The van der Waals surface area contributed by atoms with E-state index in [9.17, 15) is 18.3 Å². The third kappa shape index (κ3) is 2.91. The van der Waals surface area contributed by atoms with Crippen molar-refractivity contribution in [3.8, 4) is 5.75 Å². The fourth-order valence-corrected chi connectivity index (χ4v) is 2.09. The van der Waals surface area contributed by atoms with E-state index in [2.05, 4.69) is 0 Å². The van der Waals surface area contributed by atoms with Gasteiger partial charge in [0.25, 0.3) is 0 Å². The molecule has 1 aliphatic heterocycles. The molecule has 0 radical (unpaired) electrons. The van der Waals surface area contributed by atoms with Crippen LogP contribution < -0.4 is 0 Å². The van der Waals surface area contributed by atoms with E-state index in [1.54, 1.807) is 6.07 Å². The fraction of sp³-hybridized carbons (Fsp3) is 0.500. The summed E-state index contributed by atoms with van der Waals surface area (Å²) in [5, 5.41) is 9.66. The molecule has 1 aromatic carbocycles. The van der Waals surface area contributed by atoms with Gasteiger partial charge in [0.1, 0.15) is 5.75 Å². The number of aromatic hydroxyl groups is 1. The fourth-order valence-electron chi connectivity index (χ4n) is 2.09. The number of hydrogen-bond acceptors (Lipinski definition) is 2. The quantitative estimate of drug-likeness (QED) is 0.881. The van der Waals surface area contributed by atoms with Crippen LogP contribution in [0.15, 0.2) is 18.2 Å². The highest BCUT2D eigenvalue weighted by atomic mass is 19.4. The number of fused-ring (bicyclic) bond motifs is 1. The number of benzene rings is 1. The molecular weight excluding hydrogens is 233 g/mol. The third-order valence-corrected chi connectivity index (χ3v) is 2.86. The summed E-state index contributed by atoms with van der Waals surface area (Å²) in [5.74, 6) is 0.108. The Morgan fingerprint density at radius 1 is 1.35 bits per heavy atom. The van der Waals surface area contributed by atoms with Crippen molar-refractivity contribution in [1.29, 1.82) is 0 Å². The lowest BCUT2D eigenvalue weighted by Crippen LogP contribution is -2.08. The number of hydrogen-bond donors (Lipinski definition) is 1. The third-order valence-electron chi connectivity index (χ3n) is 2.86. The Bertz CT molecular complexity index is 401. The number of ether oxygens (including phenoxy) is 1. The van der Waals surface area contributed by atoms with Crippen LogP contribution in [0.4, 0.5) is 13.2 Å². The minimum atomic E-state index is -4.12. The van der Waals surface area contributed by atoms with Crippen molar-refractivity contribution >= 4 is 0 Å². The smallest absolute Gasteiger partial charge is 0.389 e. The molecule has 2 rings (SSSR count). The molecule has 0 amide bonds. The Balaban J connectivity index is 1.98. The van der Waals surface area contributed by atoms with E-state index in [4.69, 9.17) is 4.74 Å². The van der Waals surface area contributed by atoms with Crippen LogP contribution in [0.3, 0.4) is 0 Å². The average molecular weight is 246 g/mol. The van der Waals surface area contributed by atoms with Gasteiger partial charge in [0.15, 0.2) is 0 Å². The lowest BCUT2D eigenvalue weighted by Gasteiger charge is -2.13. The highest BCUT2D eigenvalue weighted by Gasteiger charge is 2.30. The summed E-state index contributed by atoms with van der Waals surface area (Å²) < 4.78 is 41.4. The molecule has 0 aliphatic carbocycles. The van der Waals surface area contributed by atoms with Crippen LogP contribution >= 0.6 is 0 Å². The van der Waals surface area contributed by atoms with Crippen LogP contribution in [-0.4, -0.2) is 11.3 Å². The maximum absolute atomic E-state index is 12.0. The Hall–Kier alpha value is -1.23. The summed E-state index contributed by atoms with van der Waals surface area (Å²) in [5.41, 5.74) is 1.51. The van der Waals surface area contributed by atoms with Crippen molar-refractivity contribution < 1.29 is 23.0 Å². The molecule has 0 saturated heterocycles. The van der Waals surface area contributed by atoms with Gasteiger partial charge in [0, 0.05) is 12.0 Å². The summed E-state index contributed by atoms with van der Waals surface area (Å²) in [7, 11) is 0. The summed E-state index contributed by atoms with van der Waals surface area (Å²) in [6.07, 6.45) is -5.05. The summed E-state index contributed by atoms with van der Waals surface area (Å²) >= 11 is 0. The van der Waals surface area contributed by atoms with Crippen molar-refractivity contribution in [1.82, 2.24) is 0 Å². The van der Waals surface area contributed by atoms with Crippen LogP contribution in [0.25, 0.3) is 0 Å². The molecule has 1 atom stereocenters. The maximum atomic E-state index is 12.0. The van der Waals surface area contributed by atoms with Crippen LogP contribution in [0.5, 0.6) is 5.75 Å². The van der Waals surface area contributed by atoms with Gasteiger partial charge in [-0.05, 0) is 24.5 Å². The van der Waals surface area contributed by atoms with Gasteiger partial charge in [-0.1, -0.05) is 12.1 Å². The van der Waals surface area contributed by atoms with E-state index in [-0.39, 0.29) is 18.6 Å². The Morgan fingerprint density at radius 2 is 2.12 bits per heavy atom. The van der Waals surface area contributed by atoms with E-state index < -0.39 is 18.7 Å². The molecule has 0 fully saturated rings. The highest BCUT2D eigenvalue weighted by molar-refractivity contribution is 5.42. The number of alkyl halides is 3. The molecule has 17 heavy (non-hydrogen) atoms. The molecule has 1 aliphatic rings. The minimum absolute atomic E-state index is 0.0158. The van der Waals surface area contributed by atoms with E-state index in [0.29, 0.717) is 12.2 Å². The van der Waals surface area contributed by atoms with Gasteiger partial charge in [-0.3, -0.25) is 0 Å². The first-order valence-electron chi connectivity index (χ1n) is 5.46. The number of rotatable bonds is 3. The van der Waals surface area contributed by atoms with Crippen LogP contribution in [-0.2, 0) is 11.3 Å². The van der Waals surface area contributed by atoms with Gasteiger partial charge in [-0.25, -0.2) is 0 Å². The second kappa shape index (κ2) is 4.56. The molecule has 0 aromatic heterocycles. The van der Waals surface area contributed by atoms with Crippen molar-refractivity contribution in [3.05, 3.63) is 29.3 Å². The Labute approximate surface area is 97.0 Å². The Morgan fingerprint density at radius 3 is 2.82 bits per heavy atom. The molecule has 2 nitrogen and oxygen atoms in total. The number of phenolic OH excluding ortho intramolecular Hbond substituents is 1. The normalized spacial score (nSPS) is 19.4. The average Bonchev–Trinajstić information content (AvgIpc) is 2.61. The largest absolute Gasteiger partial charge is 0.508 e. The van der Waals surface area contributed by atoms with E-state index >= 15 is 0 Å². The minimum Gasteiger partial charge on any atom is -0.508 e. The first-order chi connectivity index (χ1) is 7.97. The molecule has 1 aromatic rings. The first kappa shape index (κ1) is 12.2. The standard InChI is InChI=1S/C12H13F3O2/c13-12(14,15)6-2-5-10-11-8(7-17-10)3-1-4-9(11)16/h1,3-4,10,16H,2,5-7H2. The SMILES string of the molecule is Oc1cccc2c1C(CCCC(F)(F)F)OC2. The number of phenols is 1. The molecule has 94 valence electrons. The molecule has 1 unspecified atom stereocenters. The van der Waals surface area contributed by atoms with Crippen molar-refractivity contribution in [3.63, 3.8) is 0 Å². The van der Waals surface area contributed by atoms with Gasteiger partial charge in [0.05, 0.1) is 12.7 Å². The molecular formula is C12H13F3O2. The van der Waals surface area contributed by atoms with Crippen LogP contribution in [0.1, 0.15) is 36.5 Å². The van der Waals surface area contributed by atoms with Gasteiger partial charge in [-0.15, -0.1) is 0 Å². The van der Waals surface area contributed by atoms with E-state index in [1.165, 1.54) is 6.07 Å². The topological polar surface area (TPSA) is 29.5 Å². The van der Waals surface area contributed by atoms with Crippen LogP contribution in [0, 0.1) is 0 Å². The van der Waals surface area contributed by atoms with Crippen LogP contribution in [0.2, 0.25) is 0 Å². The predicted octanol–water partition coefficient (Wildman–Crippen LogP) is 3.70. The molecule has 1 N–H and O–H groups in total. The second-order valence-corrected chi connectivity index (χ2v) is 4.16. The monoisotopic (exact) mass is 246 g/mol. The lowest BCUT2D eigenvalue weighted by molar-refractivity contribution is -0.136. The molecule has 0 saturated carbocycles. The Kier molecular flexibility index (Phi) is 3.28. The predicted molar refractivity (Wildman–Crippen MR) is 55.5 cm³/mol. The zero-order valence-corrected chi connectivity index (χ0v) is 9.13. The van der Waals surface area contributed by atoms with E-state index in [0.717, 1.165) is 5.56 Å². The second-order valence-electron chi connectivity index (χ2n) is 4.16. The van der Waals surface area contributed by atoms with Gasteiger partial charge in [0.2, 0.25) is 0 Å². The molecule has 0 bridgehead atoms. The van der Waals surface area contributed by atoms with E-state index in [1.807, 2.05) is 6.07 Å². The first-order valence-corrected chi connectivity index (χ1v) is 5.46. The highest BCUT2D eigenvalue weighted by Crippen LogP contribution is 2.40. The summed E-state index contributed by atoms with van der Waals surface area (Å²) in [6, 6.07) is 5.05. The summed E-state index contributed by atoms with van der Waals surface area (Å²) in [6.45, 7) is 0.362. The van der Waals surface area contributed by atoms with Gasteiger partial charge in [-0.2, -0.15) is 13.2 Å². The zero-order valence-electron chi connectivity index (χ0n) is 9.13. The van der Waals surface area contributed by atoms with Gasteiger partial charge < -0.3 is 9.84 Å². The summed E-state index contributed by atoms with van der Waals surface area (Å²) in [4.78, 5) is 0. The van der Waals surface area contributed by atoms with Crippen molar-refractivity contribution in [2.75, 3.05) is 0 Å². The molecule has 0 spiro atoms. The maximum Gasteiger partial charge on any atom is 0.389 e. The lowest BCUT2D eigenvalue weighted by atomic mass is 10.00.